The van der Waals surface area contributed by atoms with Gasteiger partial charge >= 0.3 is 0 Å². The first-order valence-electron chi connectivity index (χ1n) is 4.84. The smallest absolute Gasteiger partial charge is 0.161 e. The van der Waals surface area contributed by atoms with Gasteiger partial charge in [-0.25, -0.2) is 0 Å². The molecule has 0 radical (unpaired) electrons. The average Bonchev–Trinajstić information content (AvgIpc) is 2.23. The van der Waals surface area contributed by atoms with Gasteiger partial charge < -0.3 is 14.9 Å². The summed E-state index contributed by atoms with van der Waals surface area (Å²) in [7, 11) is 0. The van der Waals surface area contributed by atoms with Gasteiger partial charge in [0, 0.05) is 6.21 Å². The topological polar surface area (TPSA) is 62.0 Å². The second kappa shape index (κ2) is 6.03. The summed E-state index contributed by atoms with van der Waals surface area (Å²) in [5.41, 5.74) is 0.838. The van der Waals surface area contributed by atoms with Crippen molar-refractivity contribution in [3.05, 3.63) is 23.8 Å². The monoisotopic (exact) mass is 209 g/mol. The fourth-order valence-corrected chi connectivity index (χ4v) is 1.11. The SMILES string of the molecule is CCOc1cc(/C=N\CCO)ccc1O. The molecule has 0 saturated heterocycles. The third-order valence-corrected chi connectivity index (χ3v) is 1.75. The van der Waals surface area contributed by atoms with Gasteiger partial charge in [-0.2, -0.15) is 0 Å². The quantitative estimate of drug-likeness (QED) is 0.716. The fraction of sp³-hybridized carbons (Fsp3) is 0.364. The third kappa shape index (κ3) is 3.59. The minimum Gasteiger partial charge on any atom is -0.504 e. The van der Waals surface area contributed by atoms with Crippen LogP contribution in [0.15, 0.2) is 23.2 Å². The Morgan fingerprint density at radius 3 is 2.93 bits per heavy atom. The molecular weight excluding hydrogens is 194 g/mol. The van der Waals surface area contributed by atoms with E-state index in [-0.39, 0.29) is 12.4 Å². The van der Waals surface area contributed by atoms with Crippen LogP contribution in [-0.4, -0.2) is 36.2 Å². The first kappa shape index (κ1) is 11.5. The van der Waals surface area contributed by atoms with Gasteiger partial charge in [-0.15, -0.1) is 0 Å². The zero-order chi connectivity index (χ0) is 11.1. The highest BCUT2D eigenvalue weighted by Crippen LogP contribution is 2.26. The highest BCUT2D eigenvalue weighted by Gasteiger charge is 2.01. The van der Waals surface area contributed by atoms with Crippen LogP contribution >= 0.6 is 0 Å². The molecule has 0 saturated carbocycles. The molecule has 0 amide bonds. The van der Waals surface area contributed by atoms with E-state index in [1.54, 1.807) is 24.4 Å². The Balaban J connectivity index is 2.77. The lowest BCUT2D eigenvalue weighted by atomic mass is 10.2. The standard InChI is InChI=1S/C11H15NO3/c1-2-15-11-7-9(3-4-10(11)14)8-12-5-6-13/h3-4,7-8,13-14H,2,5-6H2,1H3/b12-8-. The summed E-state index contributed by atoms with van der Waals surface area (Å²) < 4.78 is 5.22. The molecule has 82 valence electrons. The lowest BCUT2D eigenvalue weighted by molar-refractivity contribution is 0.307. The number of aliphatic hydroxyl groups is 1. The second-order valence-corrected chi connectivity index (χ2v) is 2.92. The molecule has 2 N–H and O–H groups in total. The number of ether oxygens (including phenoxy) is 1. The van der Waals surface area contributed by atoms with E-state index in [9.17, 15) is 5.11 Å². The number of benzene rings is 1. The Morgan fingerprint density at radius 2 is 2.27 bits per heavy atom. The van der Waals surface area contributed by atoms with E-state index < -0.39 is 0 Å². The highest BCUT2D eigenvalue weighted by atomic mass is 16.5. The minimum absolute atomic E-state index is 0.0346. The summed E-state index contributed by atoms with van der Waals surface area (Å²) in [5.74, 6) is 0.571. The maximum Gasteiger partial charge on any atom is 0.161 e. The van der Waals surface area contributed by atoms with E-state index in [1.807, 2.05) is 6.92 Å². The van der Waals surface area contributed by atoms with Crippen LogP contribution in [0, 0.1) is 0 Å². The van der Waals surface area contributed by atoms with E-state index in [0.717, 1.165) is 5.56 Å². The van der Waals surface area contributed by atoms with Gasteiger partial charge in [0.25, 0.3) is 0 Å². The molecule has 4 heteroatoms. The molecule has 1 rings (SSSR count). The molecule has 0 aliphatic rings. The van der Waals surface area contributed by atoms with Crippen molar-refractivity contribution in [3.8, 4) is 11.5 Å². The van der Waals surface area contributed by atoms with Gasteiger partial charge in [-0.05, 0) is 30.7 Å². The molecule has 0 aromatic heterocycles. The summed E-state index contributed by atoms with van der Waals surface area (Å²) >= 11 is 0. The molecule has 1 aromatic rings. The lowest BCUT2D eigenvalue weighted by Gasteiger charge is -2.05. The van der Waals surface area contributed by atoms with Gasteiger partial charge in [0.15, 0.2) is 11.5 Å². The maximum absolute atomic E-state index is 9.43. The van der Waals surface area contributed by atoms with Crippen LogP contribution < -0.4 is 4.74 Å². The summed E-state index contributed by atoms with van der Waals surface area (Å²) in [6, 6.07) is 5.00. The predicted molar refractivity (Wildman–Crippen MR) is 58.8 cm³/mol. The average molecular weight is 209 g/mol. The van der Waals surface area contributed by atoms with Crippen molar-refractivity contribution in [2.24, 2.45) is 4.99 Å². The summed E-state index contributed by atoms with van der Waals surface area (Å²) in [5, 5.41) is 18.0. The van der Waals surface area contributed by atoms with E-state index in [1.165, 1.54) is 0 Å². The molecule has 0 aliphatic carbocycles. The molecule has 0 atom stereocenters. The van der Waals surface area contributed by atoms with Crippen molar-refractivity contribution in [2.45, 2.75) is 6.92 Å². The molecule has 4 nitrogen and oxygen atoms in total. The van der Waals surface area contributed by atoms with Crippen molar-refractivity contribution >= 4 is 6.21 Å². The van der Waals surface area contributed by atoms with Crippen molar-refractivity contribution in [1.82, 2.24) is 0 Å². The number of rotatable bonds is 5. The van der Waals surface area contributed by atoms with Crippen molar-refractivity contribution in [3.63, 3.8) is 0 Å². The summed E-state index contributed by atoms with van der Waals surface area (Å²) in [6.07, 6.45) is 1.64. The molecule has 0 fully saturated rings. The highest BCUT2D eigenvalue weighted by molar-refractivity contribution is 5.80. The van der Waals surface area contributed by atoms with Crippen molar-refractivity contribution in [2.75, 3.05) is 19.8 Å². The molecule has 1 aromatic carbocycles. The van der Waals surface area contributed by atoms with Crippen LogP contribution in [0.3, 0.4) is 0 Å². The maximum atomic E-state index is 9.43. The Labute approximate surface area is 88.9 Å². The zero-order valence-corrected chi connectivity index (χ0v) is 8.68. The van der Waals surface area contributed by atoms with Gasteiger partial charge in [0.1, 0.15) is 0 Å². The van der Waals surface area contributed by atoms with Crippen LogP contribution in [-0.2, 0) is 0 Å². The van der Waals surface area contributed by atoms with Crippen LogP contribution in [0.5, 0.6) is 11.5 Å². The summed E-state index contributed by atoms with van der Waals surface area (Å²) in [6.45, 7) is 2.77. The molecule has 0 heterocycles. The van der Waals surface area contributed by atoms with Gasteiger partial charge in [-0.3, -0.25) is 4.99 Å². The Morgan fingerprint density at radius 1 is 1.47 bits per heavy atom. The largest absolute Gasteiger partial charge is 0.504 e. The zero-order valence-electron chi connectivity index (χ0n) is 8.68. The lowest BCUT2D eigenvalue weighted by Crippen LogP contribution is -1.94. The number of aliphatic hydroxyl groups excluding tert-OH is 1. The third-order valence-electron chi connectivity index (χ3n) is 1.75. The number of aliphatic imine (C=N–C) groups is 1. The number of hydrogen-bond acceptors (Lipinski definition) is 4. The Hall–Kier alpha value is -1.55. The first-order chi connectivity index (χ1) is 7.27. The van der Waals surface area contributed by atoms with E-state index >= 15 is 0 Å². The minimum atomic E-state index is 0.0346. The number of phenolic OH excluding ortho intramolecular Hbond substituents is 1. The second-order valence-electron chi connectivity index (χ2n) is 2.92. The number of aromatic hydroxyl groups is 1. The number of phenols is 1. The molecule has 0 spiro atoms. The van der Waals surface area contributed by atoms with Crippen molar-refractivity contribution < 1.29 is 14.9 Å². The van der Waals surface area contributed by atoms with Gasteiger partial charge in [0.05, 0.1) is 19.8 Å². The summed E-state index contributed by atoms with van der Waals surface area (Å²) in [4.78, 5) is 3.98. The van der Waals surface area contributed by atoms with Crippen LogP contribution in [0.2, 0.25) is 0 Å². The molecule has 0 bridgehead atoms. The van der Waals surface area contributed by atoms with Crippen LogP contribution in [0.4, 0.5) is 0 Å². The van der Waals surface area contributed by atoms with E-state index in [2.05, 4.69) is 4.99 Å². The Bertz CT molecular complexity index is 337. The predicted octanol–water partition coefficient (Wildman–Crippen LogP) is 1.20. The van der Waals surface area contributed by atoms with Gasteiger partial charge in [0.2, 0.25) is 0 Å². The number of hydrogen-bond donors (Lipinski definition) is 2. The molecular formula is C11H15NO3. The van der Waals surface area contributed by atoms with Crippen molar-refractivity contribution in [1.29, 1.82) is 0 Å². The number of nitrogens with zero attached hydrogens (tertiary/aromatic N) is 1. The van der Waals surface area contributed by atoms with Crippen LogP contribution in [0.25, 0.3) is 0 Å². The molecule has 15 heavy (non-hydrogen) atoms. The first-order valence-corrected chi connectivity index (χ1v) is 4.84. The molecule has 0 unspecified atom stereocenters. The van der Waals surface area contributed by atoms with E-state index in [0.29, 0.717) is 18.9 Å². The van der Waals surface area contributed by atoms with Crippen LogP contribution in [0.1, 0.15) is 12.5 Å². The van der Waals surface area contributed by atoms with E-state index in [4.69, 9.17) is 9.84 Å². The Kier molecular flexibility index (Phi) is 4.63. The molecule has 0 aliphatic heterocycles. The fourth-order valence-electron chi connectivity index (χ4n) is 1.11. The van der Waals surface area contributed by atoms with Gasteiger partial charge in [-0.1, -0.05) is 0 Å². The normalized spacial score (nSPS) is 10.8.